The molecule has 0 saturated heterocycles. The van der Waals surface area contributed by atoms with Crippen molar-refractivity contribution in [3.05, 3.63) is 102 Å². The van der Waals surface area contributed by atoms with Gasteiger partial charge in [0.15, 0.2) is 0 Å². The van der Waals surface area contributed by atoms with Crippen LogP contribution in [-0.4, -0.2) is 4.57 Å². The van der Waals surface area contributed by atoms with Crippen LogP contribution in [0.3, 0.4) is 0 Å². The van der Waals surface area contributed by atoms with Crippen molar-refractivity contribution in [2.24, 2.45) is 0 Å². The minimum absolute atomic E-state index is 1.20. The molecule has 0 N–H and O–H groups in total. The molecule has 4 aromatic carbocycles. The highest BCUT2D eigenvalue weighted by atomic mass is 15.0. The third-order valence-electron chi connectivity index (χ3n) is 5.47. The molecule has 1 nitrogen and oxygen atoms in total. The molecule has 1 heterocycles. The van der Waals surface area contributed by atoms with Crippen LogP contribution in [0.5, 0.6) is 0 Å². The van der Waals surface area contributed by atoms with Crippen LogP contribution in [0.1, 0.15) is 11.1 Å². The van der Waals surface area contributed by atoms with E-state index < -0.39 is 0 Å². The predicted molar refractivity (Wildman–Crippen MR) is 116 cm³/mol. The second-order valence-electron chi connectivity index (χ2n) is 7.19. The van der Waals surface area contributed by atoms with Gasteiger partial charge in [-0.05, 0) is 66.4 Å². The molecule has 130 valence electrons. The van der Waals surface area contributed by atoms with E-state index in [0.717, 1.165) is 0 Å². The summed E-state index contributed by atoms with van der Waals surface area (Å²) in [5, 5.41) is 2.60. The summed E-state index contributed by atoms with van der Waals surface area (Å²) in [5.74, 6) is 0. The Bertz CT molecular complexity index is 1280. The number of nitrogens with zero attached hydrogens (tertiary/aromatic N) is 1. The average molecular weight is 347 g/mol. The van der Waals surface area contributed by atoms with Gasteiger partial charge < -0.3 is 4.57 Å². The summed E-state index contributed by atoms with van der Waals surface area (Å²) >= 11 is 0. The molecule has 0 radical (unpaired) electrons. The highest BCUT2D eigenvalue weighted by Gasteiger charge is 2.15. The first-order valence-electron chi connectivity index (χ1n) is 9.39. The normalized spacial score (nSPS) is 11.3. The smallest absolute Gasteiger partial charge is 0.0544 e. The predicted octanol–water partition coefficient (Wildman–Crippen LogP) is 7.07. The number of fused-ring (bicyclic) bond motifs is 3. The van der Waals surface area contributed by atoms with Crippen molar-refractivity contribution in [2.75, 3.05) is 0 Å². The van der Waals surface area contributed by atoms with Crippen LogP contribution < -0.4 is 0 Å². The molecular weight excluding hydrogens is 326 g/mol. The summed E-state index contributed by atoms with van der Waals surface area (Å²) in [4.78, 5) is 0. The lowest BCUT2D eigenvalue weighted by Crippen LogP contribution is -1.94. The molecule has 1 heteroatoms. The van der Waals surface area contributed by atoms with Gasteiger partial charge in [0.1, 0.15) is 0 Å². The second kappa shape index (κ2) is 6.14. The fraction of sp³-hybridized carbons (Fsp3) is 0.0769. The fourth-order valence-corrected chi connectivity index (χ4v) is 4.14. The third kappa shape index (κ3) is 2.47. The van der Waals surface area contributed by atoms with Crippen LogP contribution in [-0.2, 0) is 0 Å². The van der Waals surface area contributed by atoms with E-state index in [9.17, 15) is 0 Å². The summed E-state index contributed by atoms with van der Waals surface area (Å²) in [6, 6.07) is 32.7. The van der Waals surface area contributed by atoms with Crippen molar-refractivity contribution in [3.8, 4) is 16.8 Å². The van der Waals surface area contributed by atoms with Crippen molar-refractivity contribution < 1.29 is 0 Å². The number of benzene rings is 4. The molecule has 5 rings (SSSR count). The molecule has 0 atom stereocenters. The Morgan fingerprint density at radius 1 is 0.519 bits per heavy atom. The lowest BCUT2D eigenvalue weighted by atomic mass is 9.95. The molecule has 0 saturated carbocycles. The molecule has 1 aromatic heterocycles. The SMILES string of the molecule is Cc1ccccc1-c1cc2c3ccccc3n(-c3ccccc3)c2cc1C. The van der Waals surface area contributed by atoms with Crippen LogP contribution in [0.2, 0.25) is 0 Å². The van der Waals surface area contributed by atoms with Crippen LogP contribution in [0, 0.1) is 13.8 Å². The summed E-state index contributed by atoms with van der Waals surface area (Å²) in [5.41, 5.74) is 8.96. The Morgan fingerprint density at radius 3 is 2.04 bits per heavy atom. The summed E-state index contributed by atoms with van der Waals surface area (Å²) < 4.78 is 2.37. The summed E-state index contributed by atoms with van der Waals surface area (Å²) in [7, 11) is 0. The number of aromatic nitrogens is 1. The number of hydrogen-bond acceptors (Lipinski definition) is 0. The average Bonchev–Trinajstić information content (AvgIpc) is 3.02. The standard InChI is InChI=1S/C26H21N/c1-18-10-6-7-13-21(18)23-17-24-22-14-8-9-15-25(22)27(26(24)16-19(23)2)20-11-4-3-5-12-20/h3-17H,1-2H3. The van der Waals surface area contributed by atoms with E-state index in [-0.39, 0.29) is 0 Å². The van der Waals surface area contributed by atoms with Crippen LogP contribution in [0.15, 0.2) is 91.0 Å². The first-order chi connectivity index (χ1) is 13.2. The zero-order valence-electron chi connectivity index (χ0n) is 15.6. The number of para-hydroxylation sites is 2. The van der Waals surface area contributed by atoms with Crippen molar-refractivity contribution in [3.63, 3.8) is 0 Å². The van der Waals surface area contributed by atoms with Gasteiger partial charge in [0.05, 0.1) is 11.0 Å². The Morgan fingerprint density at radius 2 is 1.22 bits per heavy atom. The maximum absolute atomic E-state index is 2.37. The molecular formula is C26H21N. The van der Waals surface area contributed by atoms with E-state index in [1.54, 1.807) is 0 Å². The third-order valence-corrected chi connectivity index (χ3v) is 5.47. The van der Waals surface area contributed by atoms with Gasteiger partial charge in [0.25, 0.3) is 0 Å². The van der Waals surface area contributed by atoms with Gasteiger partial charge in [-0.15, -0.1) is 0 Å². The Balaban J connectivity index is 1.90. The zero-order chi connectivity index (χ0) is 18.4. The molecule has 0 aliphatic heterocycles. The topological polar surface area (TPSA) is 4.93 Å². The minimum Gasteiger partial charge on any atom is -0.309 e. The summed E-state index contributed by atoms with van der Waals surface area (Å²) in [6.07, 6.45) is 0. The lowest BCUT2D eigenvalue weighted by Gasteiger charge is -2.12. The van der Waals surface area contributed by atoms with Gasteiger partial charge >= 0.3 is 0 Å². The summed E-state index contributed by atoms with van der Waals surface area (Å²) in [6.45, 7) is 4.40. The van der Waals surface area contributed by atoms with E-state index >= 15 is 0 Å². The maximum Gasteiger partial charge on any atom is 0.0544 e. The van der Waals surface area contributed by atoms with Gasteiger partial charge in [-0.2, -0.15) is 0 Å². The molecule has 0 aliphatic carbocycles. The zero-order valence-corrected chi connectivity index (χ0v) is 15.6. The van der Waals surface area contributed by atoms with Crippen LogP contribution in [0.4, 0.5) is 0 Å². The van der Waals surface area contributed by atoms with E-state index in [1.165, 1.54) is 49.7 Å². The van der Waals surface area contributed by atoms with Gasteiger partial charge in [-0.25, -0.2) is 0 Å². The molecule has 27 heavy (non-hydrogen) atoms. The Hall–Kier alpha value is -3.32. The van der Waals surface area contributed by atoms with Gasteiger partial charge in [-0.3, -0.25) is 0 Å². The minimum atomic E-state index is 1.20. The number of aryl methyl sites for hydroxylation is 2. The van der Waals surface area contributed by atoms with Crippen molar-refractivity contribution in [2.45, 2.75) is 13.8 Å². The van der Waals surface area contributed by atoms with Gasteiger partial charge in [0.2, 0.25) is 0 Å². The molecule has 0 fully saturated rings. The number of hydrogen-bond donors (Lipinski definition) is 0. The fourth-order valence-electron chi connectivity index (χ4n) is 4.14. The molecule has 0 bridgehead atoms. The highest BCUT2D eigenvalue weighted by molar-refractivity contribution is 6.10. The Labute approximate surface area is 159 Å². The quantitative estimate of drug-likeness (QED) is 0.322. The van der Waals surface area contributed by atoms with E-state index in [0.29, 0.717) is 0 Å². The van der Waals surface area contributed by atoms with Crippen LogP contribution in [0.25, 0.3) is 38.6 Å². The van der Waals surface area contributed by atoms with E-state index in [2.05, 4.69) is 109 Å². The lowest BCUT2D eigenvalue weighted by molar-refractivity contribution is 1.18. The first-order valence-corrected chi connectivity index (χ1v) is 9.39. The second-order valence-corrected chi connectivity index (χ2v) is 7.19. The largest absolute Gasteiger partial charge is 0.309 e. The van der Waals surface area contributed by atoms with Crippen LogP contribution >= 0.6 is 0 Å². The molecule has 0 spiro atoms. The van der Waals surface area contributed by atoms with Gasteiger partial charge in [-0.1, -0.05) is 60.7 Å². The van der Waals surface area contributed by atoms with E-state index in [1.807, 2.05) is 0 Å². The van der Waals surface area contributed by atoms with Crippen molar-refractivity contribution in [1.29, 1.82) is 0 Å². The van der Waals surface area contributed by atoms with Gasteiger partial charge in [0, 0.05) is 16.5 Å². The number of rotatable bonds is 2. The van der Waals surface area contributed by atoms with E-state index in [4.69, 9.17) is 0 Å². The highest BCUT2D eigenvalue weighted by Crippen LogP contribution is 2.37. The maximum atomic E-state index is 2.37. The molecule has 0 amide bonds. The molecule has 0 aliphatic rings. The first kappa shape index (κ1) is 15.9. The molecule has 0 unspecified atom stereocenters. The van der Waals surface area contributed by atoms with Crippen molar-refractivity contribution >= 4 is 21.8 Å². The Kier molecular flexibility index (Phi) is 3.61. The molecule has 5 aromatic rings. The monoisotopic (exact) mass is 347 g/mol. The van der Waals surface area contributed by atoms with Crippen molar-refractivity contribution in [1.82, 2.24) is 4.57 Å².